The molecule has 0 aromatic carbocycles. The number of esters is 1. The van der Waals surface area contributed by atoms with E-state index in [1.165, 1.54) is 6.92 Å². The van der Waals surface area contributed by atoms with E-state index in [0.29, 0.717) is 38.5 Å². The van der Waals surface area contributed by atoms with Crippen LogP contribution >= 0.6 is 0 Å². The summed E-state index contributed by atoms with van der Waals surface area (Å²) in [6.07, 6.45) is 6.04. The standard InChI is InChI=1S/C38H66N2O9/c1-8-9-25(32(34(5,6)45)47-23(2)43)48-26-18-35(7)14-15-37-22-36(37)13-12-29(49-30-19-40(16-17-46-30)24(20-41)21-42)33(3,4)27(36)10-11-28(37)38(35,39)31(26)44/h24-32,41-42,44-45H,8-22,39H2,1-7H3. The molecule has 49 heavy (non-hydrogen) atoms. The lowest BCUT2D eigenvalue weighted by Crippen LogP contribution is -2.69. The zero-order valence-corrected chi connectivity index (χ0v) is 31.2. The van der Waals surface area contributed by atoms with Crippen LogP contribution in [0.3, 0.4) is 0 Å². The number of aliphatic hydroxyl groups excluding tert-OH is 3. The van der Waals surface area contributed by atoms with Crippen LogP contribution < -0.4 is 5.73 Å². The normalized spacial score (nSPS) is 44.3. The van der Waals surface area contributed by atoms with Gasteiger partial charge in [-0.1, -0.05) is 34.1 Å². The van der Waals surface area contributed by atoms with Gasteiger partial charge in [0.2, 0.25) is 0 Å². The average Bonchev–Trinajstić information content (AvgIpc) is 3.65. The molecule has 282 valence electrons. The minimum Gasteiger partial charge on any atom is -0.457 e. The summed E-state index contributed by atoms with van der Waals surface area (Å²) in [5.74, 6) is 0.186. The zero-order chi connectivity index (χ0) is 35.8. The molecule has 6 aliphatic rings. The smallest absolute Gasteiger partial charge is 0.303 e. The van der Waals surface area contributed by atoms with Crippen LogP contribution in [-0.2, 0) is 23.7 Å². The van der Waals surface area contributed by atoms with Gasteiger partial charge in [0, 0.05) is 13.5 Å². The first-order valence-electron chi connectivity index (χ1n) is 19.2. The second kappa shape index (κ2) is 13.2. The summed E-state index contributed by atoms with van der Waals surface area (Å²) in [7, 11) is 0. The Labute approximate surface area is 293 Å². The summed E-state index contributed by atoms with van der Waals surface area (Å²) in [6.45, 7) is 15.2. The Morgan fingerprint density at radius 3 is 2.37 bits per heavy atom. The summed E-state index contributed by atoms with van der Waals surface area (Å²) < 4.78 is 25.2. The lowest BCUT2D eigenvalue weighted by Gasteiger charge is -2.62. The molecule has 12 unspecified atom stereocenters. The number of morpholine rings is 1. The predicted octanol–water partition coefficient (Wildman–Crippen LogP) is 3.12. The predicted molar refractivity (Wildman–Crippen MR) is 183 cm³/mol. The molecule has 6 fully saturated rings. The minimum atomic E-state index is -1.31. The SMILES string of the molecule is CCCC(OC1CC2(C)CCC34CC35CCC(OC3CN(C(CO)CO)CCO3)C(C)(C)C5CCC4C2(N)C1O)C(OC(C)=O)C(C)(C)O. The number of carbonyl (C=O) groups is 1. The molecule has 5 saturated carbocycles. The van der Waals surface area contributed by atoms with Crippen molar-refractivity contribution in [3.8, 4) is 0 Å². The van der Waals surface area contributed by atoms with Gasteiger partial charge in [0.05, 0.1) is 68.0 Å². The van der Waals surface area contributed by atoms with Crippen molar-refractivity contribution in [3.63, 3.8) is 0 Å². The number of nitrogens with zero attached hydrogens (tertiary/aromatic N) is 1. The molecule has 0 aromatic heterocycles. The van der Waals surface area contributed by atoms with Crippen molar-refractivity contribution in [1.29, 1.82) is 0 Å². The monoisotopic (exact) mass is 694 g/mol. The third-order valence-corrected chi connectivity index (χ3v) is 15.0. The van der Waals surface area contributed by atoms with Crippen LogP contribution in [-0.4, -0.2) is 118 Å². The van der Waals surface area contributed by atoms with Crippen molar-refractivity contribution in [3.05, 3.63) is 0 Å². The molecule has 1 saturated heterocycles. The van der Waals surface area contributed by atoms with Gasteiger partial charge in [-0.05, 0) is 105 Å². The Kier molecular flexibility index (Phi) is 10.2. The number of ether oxygens (including phenoxy) is 4. The maximum absolute atomic E-state index is 12.3. The van der Waals surface area contributed by atoms with Gasteiger partial charge < -0.3 is 45.1 Å². The van der Waals surface area contributed by atoms with E-state index in [1.54, 1.807) is 13.8 Å². The summed E-state index contributed by atoms with van der Waals surface area (Å²) >= 11 is 0. The highest BCUT2D eigenvalue weighted by Crippen LogP contribution is 2.87. The van der Waals surface area contributed by atoms with Crippen molar-refractivity contribution in [1.82, 2.24) is 4.90 Å². The molecule has 11 nitrogen and oxygen atoms in total. The first-order chi connectivity index (χ1) is 22.9. The first kappa shape index (κ1) is 37.9. The number of nitrogens with two attached hydrogens (primary N) is 1. The second-order valence-corrected chi connectivity index (χ2v) is 18.3. The number of carbonyl (C=O) groups excluding carboxylic acids is 1. The van der Waals surface area contributed by atoms with E-state index in [2.05, 4.69) is 25.7 Å². The summed E-state index contributed by atoms with van der Waals surface area (Å²) in [5, 5.41) is 42.8. The Morgan fingerprint density at radius 1 is 1.06 bits per heavy atom. The molecule has 0 radical (unpaired) electrons. The maximum Gasteiger partial charge on any atom is 0.303 e. The molecular weight excluding hydrogens is 628 g/mol. The lowest BCUT2D eigenvalue weighted by molar-refractivity contribution is -0.249. The van der Waals surface area contributed by atoms with Gasteiger partial charge in [-0.3, -0.25) is 9.69 Å². The largest absolute Gasteiger partial charge is 0.457 e. The van der Waals surface area contributed by atoms with E-state index in [9.17, 15) is 25.2 Å². The van der Waals surface area contributed by atoms with Crippen LogP contribution in [0.2, 0.25) is 0 Å². The van der Waals surface area contributed by atoms with E-state index in [-0.39, 0.29) is 59.2 Å². The Bertz CT molecular complexity index is 1210. The summed E-state index contributed by atoms with van der Waals surface area (Å²) in [5.41, 5.74) is 5.41. The molecular formula is C38H66N2O9. The van der Waals surface area contributed by atoms with Gasteiger partial charge in [0.25, 0.3) is 0 Å². The molecule has 0 amide bonds. The molecule has 2 spiro atoms. The van der Waals surface area contributed by atoms with Crippen molar-refractivity contribution in [2.75, 3.05) is 32.9 Å². The van der Waals surface area contributed by atoms with Gasteiger partial charge in [0.15, 0.2) is 12.4 Å². The number of aliphatic hydroxyl groups is 4. The van der Waals surface area contributed by atoms with Crippen LogP contribution in [0.15, 0.2) is 0 Å². The van der Waals surface area contributed by atoms with E-state index in [4.69, 9.17) is 24.7 Å². The molecule has 12 atom stereocenters. The van der Waals surface area contributed by atoms with E-state index in [0.717, 1.165) is 51.4 Å². The molecule has 6 N–H and O–H groups in total. The Balaban J connectivity index is 1.19. The first-order valence-corrected chi connectivity index (χ1v) is 19.2. The molecule has 5 aliphatic carbocycles. The molecule has 11 heteroatoms. The molecule has 0 bridgehead atoms. The number of fused-ring (bicyclic) bond motifs is 2. The van der Waals surface area contributed by atoms with Gasteiger partial charge >= 0.3 is 5.97 Å². The lowest BCUT2D eigenvalue weighted by atomic mass is 9.44. The highest BCUT2D eigenvalue weighted by atomic mass is 16.7. The Hall–Kier alpha value is -0.890. The summed E-state index contributed by atoms with van der Waals surface area (Å²) in [6, 6.07) is -0.301. The van der Waals surface area contributed by atoms with Gasteiger partial charge in [0.1, 0.15) is 0 Å². The van der Waals surface area contributed by atoms with Gasteiger partial charge in [-0.15, -0.1) is 0 Å². The van der Waals surface area contributed by atoms with Crippen molar-refractivity contribution < 1.29 is 44.2 Å². The fraction of sp³-hybridized carbons (Fsp3) is 0.974. The quantitative estimate of drug-likeness (QED) is 0.191. The van der Waals surface area contributed by atoms with E-state index in [1.807, 2.05) is 6.92 Å². The van der Waals surface area contributed by atoms with Crippen molar-refractivity contribution >= 4 is 5.97 Å². The number of hydrogen-bond acceptors (Lipinski definition) is 11. The molecule has 1 heterocycles. The third-order valence-electron chi connectivity index (χ3n) is 15.0. The van der Waals surface area contributed by atoms with Crippen LogP contribution in [0.1, 0.15) is 113 Å². The second-order valence-electron chi connectivity index (χ2n) is 18.3. The fourth-order valence-electron chi connectivity index (χ4n) is 12.5. The number of rotatable bonds is 12. The highest BCUT2D eigenvalue weighted by molar-refractivity contribution is 5.66. The zero-order valence-electron chi connectivity index (χ0n) is 31.2. The highest BCUT2D eigenvalue weighted by Gasteiger charge is 2.83. The summed E-state index contributed by atoms with van der Waals surface area (Å²) in [4.78, 5) is 14.1. The van der Waals surface area contributed by atoms with Crippen molar-refractivity contribution in [2.24, 2.45) is 39.2 Å². The van der Waals surface area contributed by atoms with E-state index >= 15 is 0 Å². The number of hydrogen-bond donors (Lipinski definition) is 5. The topological polar surface area (TPSA) is 164 Å². The van der Waals surface area contributed by atoms with Gasteiger partial charge in [-0.2, -0.15) is 0 Å². The minimum absolute atomic E-state index is 0.0379. The van der Waals surface area contributed by atoms with Crippen LogP contribution in [0.5, 0.6) is 0 Å². The third kappa shape index (κ3) is 5.93. The van der Waals surface area contributed by atoms with Crippen molar-refractivity contribution in [2.45, 2.75) is 167 Å². The van der Waals surface area contributed by atoms with Crippen LogP contribution in [0, 0.1) is 33.5 Å². The fourth-order valence-corrected chi connectivity index (χ4v) is 12.5. The maximum atomic E-state index is 12.3. The average molecular weight is 695 g/mol. The van der Waals surface area contributed by atoms with Crippen LogP contribution in [0.25, 0.3) is 0 Å². The molecule has 0 aromatic rings. The van der Waals surface area contributed by atoms with Gasteiger partial charge in [-0.25, -0.2) is 0 Å². The Morgan fingerprint density at radius 2 is 1.73 bits per heavy atom. The molecule has 6 rings (SSSR count). The van der Waals surface area contributed by atoms with Crippen LogP contribution in [0.4, 0.5) is 0 Å². The molecule has 1 aliphatic heterocycles. The van der Waals surface area contributed by atoms with E-state index < -0.39 is 41.5 Å².